The number of halogens is 1. The van der Waals surface area contributed by atoms with E-state index in [2.05, 4.69) is 28.4 Å². The normalized spacial score (nSPS) is 12.2. The van der Waals surface area contributed by atoms with Crippen molar-refractivity contribution in [1.29, 1.82) is 0 Å². The van der Waals surface area contributed by atoms with Crippen LogP contribution in [-0.2, 0) is 6.54 Å². The Labute approximate surface area is 168 Å². The predicted octanol–water partition coefficient (Wildman–Crippen LogP) is 4.65. The lowest BCUT2D eigenvalue weighted by atomic mass is 10.2. The smallest absolute Gasteiger partial charge is 0.263 e. The van der Waals surface area contributed by atoms with Gasteiger partial charge in [-0.25, -0.2) is 4.98 Å². The summed E-state index contributed by atoms with van der Waals surface area (Å²) >= 11 is 7.34. The number of rotatable bonds is 6. The maximum atomic E-state index is 12.6. The molecule has 2 heterocycles. The number of benzene rings is 1. The van der Waals surface area contributed by atoms with Gasteiger partial charge < -0.3 is 5.32 Å². The molecule has 1 atom stereocenters. The molecule has 3 rings (SSSR count). The van der Waals surface area contributed by atoms with Gasteiger partial charge in [0.1, 0.15) is 9.88 Å². The van der Waals surface area contributed by atoms with Crippen molar-refractivity contribution in [2.45, 2.75) is 34.2 Å². The van der Waals surface area contributed by atoms with Gasteiger partial charge in [-0.15, -0.1) is 11.3 Å². The third-order valence-corrected chi connectivity index (χ3v) is 5.75. The minimum Gasteiger partial charge on any atom is -0.351 e. The number of carbonyl (C=O) groups is 1. The molecule has 0 saturated heterocycles. The molecule has 27 heavy (non-hydrogen) atoms. The molecule has 0 radical (unpaired) electrons. The highest BCUT2D eigenvalue weighted by Crippen LogP contribution is 2.28. The SMILES string of the molecule is Cc1cc(C)n(CC(C)CNC(=O)c2sc(-c3ccc(Cl)cc3)nc2C)n1. The first-order valence-electron chi connectivity index (χ1n) is 8.86. The van der Waals surface area contributed by atoms with Crippen LogP contribution in [0.15, 0.2) is 30.3 Å². The predicted molar refractivity (Wildman–Crippen MR) is 110 cm³/mol. The number of hydrogen-bond donors (Lipinski definition) is 1. The van der Waals surface area contributed by atoms with Crippen molar-refractivity contribution in [2.75, 3.05) is 6.54 Å². The maximum Gasteiger partial charge on any atom is 0.263 e. The summed E-state index contributed by atoms with van der Waals surface area (Å²) in [4.78, 5) is 17.8. The molecule has 0 fully saturated rings. The Balaban J connectivity index is 1.62. The molecular weight excluding hydrogens is 380 g/mol. The van der Waals surface area contributed by atoms with E-state index in [9.17, 15) is 4.79 Å². The van der Waals surface area contributed by atoms with Gasteiger partial charge in [0.15, 0.2) is 0 Å². The van der Waals surface area contributed by atoms with Crippen LogP contribution in [0.5, 0.6) is 0 Å². The summed E-state index contributed by atoms with van der Waals surface area (Å²) in [5.74, 6) is 0.196. The fraction of sp³-hybridized carbons (Fsp3) is 0.350. The van der Waals surface area contributed by atoms with Gasteiger partial charge in [-0.3, -0.25) is 9.48 Å². The van der Waals surface area contributed by atoms with Gasteiger partial charge in [0.05, 0.1) is 11.4 Å². The van der Waals surface area contributed by atoms with Gasteiger partial charge in [0, 0.05) is 29.4 Å². The molecule has 7 heteroatoms. The quantitative estimate of drug-likeness (QED) is 0.652. The molecule has 0 aliphatic rings. The second kappa shape index (κ2) is 8.23. The van der Waals surface area contributed by atoms with Crippen LogP contribution < -0.4 is 5.32 Å². The largest absolute Gasteiger partial charge is 0.351 e. The Kier molecular flexibility index (Phi) is 5.97. The fourth-order valence-electron chi connectivity index (χ4n) is 2.89. The molecule has 5 nitrogen and oxygen atoms in total. The molecule has 142 valence electrons. The monoisotopic (exact) mass is 402 g/mol. The van der Waals surface area contributed by atoms with Gasteiger partial charge in [-0.2, -0.15) is 5.10 Å². The van der Waals surface area contributed by atoms with Crippen molar-refractivity contribution in [1.82, 2.24) is 20.1 Å². The van der Waals surface area contributed by atoms with Crippen molar-refractivity contribution >= 4 is 28.8 Å². The van der Waals surface area contributed by atoms with Crippen molar-refractivity contribution in [3.63, 3.8) is 0 Å². The standard InChI is InChI=1S/C20H23ClN4OS/c1-12(11-25-14(3)9-13(2)24-25)10-22-19(26)18-15(4)23-20(27-18)16-5-7-17(21)8-6-16/h5-9,12H,10-11H2,1-4H3,(H,22,26). The summed E-state index contributed by atoms with van der Waals surface area (Å²) in [6, 6.07) is 9.55. The van der Waals surface area contributed by atoms with Crippen LogP contribution in [0, 0.1) is 26.7 Å². The maximum absolute atomic E-state index is 12.6. The number of hydrogen-bond acceptors (Lipinski definition) is 4. The van der Waals surface area contributed by atoms with Gasteiger partial charge in [-0.1, -0.05) is 30.7 Å². The van der Waals surface area contributed by atoms with E-state index < -0.39 is 0 Å². The molecule has 1 unspecified atom stereocenters. The first-order valence-corrected chi connectivity index (χ1v) is 10.1. The first kappa shape index (κ1) is 19.6. The van der Waals surface area contributed by atoms with Crippen LogP contribution in [0.3, 0.4) is 0 Å². The summed E-state index contributed by atoms with van der Waals surface area (Å²) in [7, 11) is 0. The Morgan fingerprint density at radius 1 is 1.26 bits per heavy atom. The van der Waals surface area contributed by atoms with Gasteiger partial charge in [0.2, 0.25) is 0 Å². The summed E-state index contributed by atoms with van der Waals surface area (Å²) in [6.07, 6.45) is 0. The lowest BCUT2D eigenvalue weighted by Crippen LogP contribution is -2.30. The second-order valence-corrected chi connectivity index (χ2v) is 8.30. The van der Waals surface area contributed by atoms with Gasteiger partial charge in [-0.05, 0) is 44.9 Å². The highest BCUT2D eigenvalue weighted by molar-refractivity contribution is 7.17. The van der Waals surface area contributed by atoms with E-state index in [1.807, 2.05) is 49.7 Å². The summed E-state index contributed by atoms with van der Waals surface area (Å²) in [5.41, 5.74) is 3.86. The summed E-state index contributed by atoms with van der Waals surface area (Å²) in [5, 5.41) is 9.01. The van der Waals surface area contributed by atoms with E-state index in [-0.39, 0.29) is 11.8 Å². The number of nitrogens with one attached hydrogen (secondary N) is 1. The highest BCUT2D eigenvalue weighted by atomic mass is 35.5. The molecule has 0 spiro atoms. The van der Waals surface area contributed by atoms with Crippen LogP contribution in [0.4, 0.5) is 0 Å². The molecule has 0 aliphatic carbocycles. The Hall–Kier alpha value is -2.18. The Morgan fingerprint density at radius 3 is 2.59 bits per heavy atom. The summed E-state index contributed by atoms with van der Waals surface area (Å²) in [6.45, 7) is 9.37. The lowest BCUT2D eigenvalue weighted by Gasteiger charge is -2.13. The zero-order chi connectivity index (χ0) is 19.6. The Morgan fingerprint density at radius 2 is 1.96 bits per heavy atom. The topological polar surface area (TPSA) is 59.8 Å². The van der Waals surface area contributed by atoms with Crippen molar-refractivity contribution < 1.29 is 4.79 Å². The van der Waals surface area contributed by atoms with E-state index in [0.717, 1.165) is 34.2 Å². The zero-order valence-corrected chi connectivity index (χ0v) is 17.5. The average molecular weight is 403 g/mol. The van der Waals surface area contributed by atoms with E-state index >= 15 is 0 Å². The number of nitrogens with zero attached hydrogens (tertiary/aromatic N) is 3. The molecule has 0 saturated carbocycles. The van der Waals surface area contributed by atoms with E-state index in [4.69, 9.17) is 11.6 Å². The number of carbonyl (C=O) groups excluding carboxylic acids is 1. The molecule has 0 aliphatic heterocycles. The highest BCUT2D eigenvalue weighted by Gasteiger charge is 2.17. The number of thiazole rings is 1. The van der Waals surface area contributed by atoms with E-state index in [0.29, 0.717) is 16.4 Å². The average Bonchev–Trinajstić information content (AvgIpc) is 3.15. The molecule has 3 aromatic rings. The van der Waals surface area contributed by atoms with Gasteiger partial charge in [0.25, 0.3) is 5.91 Å². The van der Waals surface area contributed by atoms with E-state index in [1.54, 1.807) is 0 Å². The number of aryl methyl sites for hydroxylation is 3. The fourth-order valence-corrected chi connectivity index (χ4v) is 4.00. The minimum absolute atomic E-state index is 0.0783. The van der Waals surface area contributed by atoms with Crippen LogP contribution in [-0.4, -0.2) is 27.2 Å². The minimum atomic E-state index is -0.0783. The molecule has 2 aromatic heterocycles. The van der Waals surface area contributed by atoms with Crippen molar-refractivity contribution in [3.8, 4) is 10.6 Å². The number of amides is 1. The molecule has 1 N–H and O–H groups in total. The van der Waals surface area contributed by atoms with Crippen LogP contribution in [0.2, 0.25) is 5.02 Å². The summed E-state index contributed by atoms with van der Waals surface area (Å²) < 4.78 is 1.99. The zero-order valence-electron chi connectivity index (χ0n) is 15.9. The Bertz CT molecular complexity index is 946. The first-order chi connectivity index (χ1) is 12.8. The number of aromatic nitrogens is 3. The molecule has 1 aromatic carbocycles. The van der Waals surface area contributed by atoms with Crippen LogP contribution in [0.1, 0.15) is 33.7 Å². The van der Waals surface area contributed by atoms with Gasteiger partial charge >= 0.3 is 0 Å². The molecular formula is C20H23ClN4OS. The van der Waals surface area contributed by atoms with Crippen molar-refractivity contribution in [2.24, 2.45) is 5.92 Å². The third kappa shape index (κ3) is 4.76. The lowest BCUT2D eigenvalue weighted by molar-refractivity contribution is 0.0950. The van der Waals surface area contributed by atoms with E-state index in [1.165, 1.54) is 11.3 Å². The third-order valence-electron chi connectivity index (χ3n) is 4.29. The molecule has 0 bridgehead atoms. The second-order valence-electron chi connectivity index (χ2n) is 6.86. The van der Waals surface area contributed by atoms with Crippen molar-refractivity contribution in [3.05, 3.63) is 57.3 Å². The van der Waals surface area contributed by atoms with Crippen LogP contribution in [0.25, 0.3) is 10.6 Å². The van der Waals surface area contributed by atoms with Crippen LogP contribution >= 0.6 is 22.9 Å². The molecule has 1 amide bonds.